The third-order valence-corrected chi connectivity index (χ3v) is 5.67. The molecule has 2 saturated heterocycles. The number of likely N-dealkylation sites (tertiary alicyclic amines) is 1. The molecule has 25 heavy (non-hydrogen) atoms. The van der Waals surface area contributed by atoms with Crippen LogP contribution in [0.3, 0.4) is 0 Å². The second-order valence-corrected chi connectivity index (χ2v) is 7.29. The molecule has 138 valence electrons. The van der Waals surface area contributed by atoms with Crippen LogP contribution in [0.4, 0.5) is 4.79 Å². The second-order valence-electron chi connectivity index (χ2n) is 7.29. The Morgan fingerprint density at radius 1 is 1.24 bits per heavy atom. The molecule has 2 bridgehead atoms. The number of amides is 2. The summed E-state index contributed by atoms with van der Waals surface area (Å²) in [6.07, 6.45) is 4.53. The van der Waals surface area contributed by atoms with E-state index < -0.39 is 0 Å². The Kier molecular flexibility index (Phi) is 6.32. The maximum atomic E-state index is 12.4. The van der Waals surface area contributed by atoms with Crippen molar-refractivity contribution in [1.29, 1.82) is 0 Å². The zero-order valence-electron chi connectivity index (χ0n) is 15.5. The topological polar surface area (TPSA) is 44.8 Å². The van der Waals surface area contributed by atoms with E-state index in [-0.39, 0.29) is 12.1 Å². The molecule has 2 aliphatic heterocycles. The molecule has 0 aromatic heterocycles. The number of nitrogens with zero attached hydrogens (tertiary/aromatic N) is 2. The van der Waals surface area contributed by atoms with E-state index in [1.54, 1.807) is 0 Å². The number of nitrogens with one attached hydrogen (secondary N) is 1. The highest BCUT2D eigenvalue weighted by Gasteiger charge is 2.35. The third-order valence-electron chi connectivity index (χ3n) is 5.67. The summed E-state index contributed by atoms with van der Waals surface area (Å²) in [7, 11) is 2.20. The molecular weight excluding hydrogens is 314 g/mol. The summed E-state index contributed by atoms with van der Waals surface area (Å²) < 4.78 is 5.86. The molecule has 2 heterocycles. The number of benzene rings is 1. The smallest absolute Gasteiger partial charge is 0.317 e. The molecule has 1 N–H and O–H groups in total. The lowest BCUT2D eigenvalue weighted by Gasteiger charge is -2.26. The first-order valence-electron chi connectivity index (χ1n) is 9.56. The number of hydrogen-bond donors (Lipinski definition) is 1. The fraction of sp³-hybridized carbons (Fsp3) is 0.650. The predicted octanol–water partition coefficient (Wildman–Crippen LogP) is 3.03. The number of rotatable bonds is 6. The molecule has 0 radical (unpaired) electrons. The minimum Gasteiger partial charge on any atom is -0.374 e. The molecule has 0 aliphatic carbocycles. The number of fused-ring (bicyclic) bond motifs is 2. The Balaban J connectivity index is 1.33. The number of likely N-dealkylation sites (N-methyl/N-ethyl adjacent to an activating group) is 1. The first kappa shape index (κ1) is 18.2. The van der Waals surface area contributed by atoms with Crippen LogP contribution in [0.15, 0.2) is 30.3 Å². The first-order valence-corrected chi connectivity index (χ1v) is 9.56. The highest BCUT2D eigenvalue weighted by molar-refractivity contribution is 5.74. The quantitative estimate of drug-likeness (QED) is 0.806. The van der Waals surface area contributed by atoms with Crippen molar-refractivity contribution in [2.45, 2.75) is 50.8 Å². The van der Waals surface area contributed by atoms with Crippen molar-refractivity contribution in [1.82, 2.24) is 15.1 Å². The van der Waals surface area contributed by atoms with Crippen molar-refractivity contribution >= 4 is 6.03 Å². The largest absolute Gasteiger partial charge is 0.374 e. The molecule has 1 aromatic carbocycles. The van der Waals surface area contributed by atoms with E-state index in [1.807, 2.05) is 23.1 Å². The van der Waals surface area contributed by atoms with Crippen LogP contribution in [0, 0.1) is 0 Å². The van der Waals surface area contributed by atoms with Gasteiger partial charge in [0.25, 0.3) is 0 Å². The van der Waals surface area contributed by atoms with Crippen molar-refractivity contribution in [3.05, 3.63) is 35.9 Å². The fourth-order valence-corrected chi connectivity index (χ4v) is 3.95. The zero-order chi connectivity index (χ0) is 17.6. The molecule has 2 amide bonds. The average molecular weight is 345 g/mol. The van der Waals surface area contributed by atoms with E-state index in [1.165, 1.54) is 18.4 Å². The Morgan fingerprint density at radius 2 is 2.00 bits per heavy atom. The standard InChI is InChI=1S/C20H31N3O2/c1-16(17-7-4-3-5-8-17)25-14-6-12-21-20(24)23-13-11-18-9-10-19(15-23)22(18)2/h3-5,7-8,16,18-19H,6,9-15H2,1-2H3,(H,21,24)/t16-,18+,19-/m0/s1. The van der Waals surface area contributed by atoms with E-state index in [2.05, 4.69) is 36.3 Å². The molecule has 2 aliphatic rings. The van der Waals surface area contributed by atoms with Gasteiger partial charge in [-0.25, -0.2) is 4.79 Å². The number of carbonyl (C=O) groups is 1. The van der Waals surface area contributed by atoms with Gasteiger partial charge in [-0.3, -0.25) is 4.90 Å². The molecule has 1 aromatic rings. The minimum absolute atomic E-state index is 0.0806. The summed E-state index contributed by atoms with van der Waals surface area (Å²) in [6.45, 7) is 5.13. The van der Waals surface area contributed by atoms with Gasteiger partial charge >= 0.3 is 6.03 Å². The second kappa shape index (κ2) is 8.68. The maximum Gasteiger partial charge on any atom is 0.317 e. The third kappa shape index (κ3) is 4.73. The summed E-state index contributed by atoms with van der Waals surface area (Å²) in [5.74, 6) is 0. The number of ether oxygens (including phenoxy) is 1. The van der Waals surface area contributed by atoms with Crippen LogP contribution in [0.5, 0.6) is 0 Å². The monoisotopic (exact) mass is 345 g/mol. The average Bonchev–Trinajstić information content (AvgIpc) is 2.87. The van der Waals surface area contributed by atoms with Crippen molar-refractivity contribution in [3.63, 3.8) is 0 Å². The molecule has 0 spiro atoms. The van der Waals surface area contributed by atoms with E-state index in [0.29, 0.717) is 25.2 Å². The lowest BCUT2D eigenvalue weighted by atomic mass is 10.1. The van der Waals surface area contributed by atoms with E-state index >= 15 is 0 Å². The lowest BCUT2D eigenvalue weighted by Crippen LogP contribution is -2.45. The number of urea groups is 1. The zero-order valence-corrected chi connectivity index (χ0v) is 15.5. The van der Waals surface area contributed by atoms with Crippen LogP contribution in [-0.2, 0) is 4.74 Å². The van der Waals surface area contributed by atoms with Gasteiger partial charge in [-0.1, -0.05) is 30.3 Å². The van der Waals surface area contributed by atoms with Gasteiger partial charge in [0, 0.05) is 38.3 Å². The highest BCUT2D eigenvalue weighted by atomic mass is 16.5. The van der Waals surface area contributed by atoms with Gasteiger partial charge in [-0.15, -0.1) is 0 Å². The molecule has 3 atom stereocenters. The van der Waals surface area contributed by atoms with Gasteiger partial charge < -0.3 is 15.0 Å². The van der Waals surface area contributed by atoms with Crippen LogP contribution >= 0.6 is 0 Å². The number of carbonyl (C=O) groups excluding carboxylic acids is 1. The van der Waals surface area contributed by atoms with Gasteiger partial charge in [-0.05, 0) is 45.2 Å². The highest BCUT2D eigenvalue weighted by Crippen LogP contribution is 2.28. The van der Waals surface area contributed by atoms with Crippen LogP contribution in [0.2, 0.25) is 0 Å². The van der Waals surface area contributed by atoms with Gasteiger partial charge in [0.2, 0.25) is 0 Å². The Bertz CT molecular complexity index is 551. The lowest BCUT2D eigenvalue weighted by molar-refractivity contribution is 0.0642. The van der Waals surface area contributed by atoms with Gasteiger partial charge in [-0.2, -0.15) is 0 Å². The van der Waals surface area contributed by atoms with Gasteiger partial charge in [0.1, 0.15) is 0 Å². The summed E-state index contributed by atoms with van der Waals surface area (Å²) >= 11 is 0. The summed E-state index contributed by atoms with van der Waals surface area (Å²) in [6, 6.07) is 11.5. The van der Waals surface area contributed by atoms with Crippen molar-refractivity contribution in [2.24, 2.45) is 0 Å². The summed E-state index contributed by atoms with van der Waals surface area (Å²) in [5.41, 5.74) is 1.19. The minimum atomic E-state index is 0.0806. The van der Waals surface area contributed by atoms with Crippen molar-refractivity contribution < 1.29 is 9.53 Å². The van der Waals surface area contributed by atoms with Crippen LogP contribution in [0.1, 0.15) is 44.3 Å². The van der Waals surface area contributed by atoms with E-state index in [9.17, 15) is 4.79 Å². The molecule has 3 rings (SSSR count). The van der Waals surface area contributed by atoms with Crippen LogP contribution in [0.25, 0.3) is 0 Å². The fourth-order valence-electron chi connectivity index (χ4n) is 3.95. The summed E-state index contributed by atoms with van der Waals surface area (Å²) in [5, 5.41) is 3.06. The van der Waals surface area contributed by atoms with Crippen molar-refractivity contribution in [3.8, 4) is 0 Å². The number of hydrogen-bond acceptors (Lipinski definition) is 3. The van der Waals surface area contributed by atoms with Gasteiger partial charge in [0.05, 0.1) is 6.10 Å². The van der Waals surface area contributed by atoms with Crippen molar-refractivity contribution in [2.75, 3.05) is 33.3 Å². The molecular formula is C20H31N3O2. The molecule has 5 nitrogen and oxygen atoms in total. The molecule has 0 unspecified atom stereocenters. The van der Waals surface area contributed by atoms with Crippen LogP contribution in [-0.4, -0.2) is 61.2 Å². The Labute approximate surface area is 151 Å². The van der Waals surface area contributed by atoms with E-state index in [0.717, 1.165) is 25.9 Å². The summed E-state index contributed by atoms with van der Waals surface area (Å²) in [4.78, 5) is 16.9. The molecule has 2 fully saturated rings. The Hall–Kier alpha value is -1.59. The first-order chi connectivity index (χ1) is 12.1. The van der Waals surface area contributed by atoms with Gasteiger partial charge in [0.15, 0.2) is 0 Å². The normalized spacial score (nSPS) is 24.8. The van der Waals surface area contributed by atoms with E-state index in [4.69, 9.17) is 4.74 Å². The predicted molar refractivity (Wildman–Crippen MR) is 99.6 cm³/mol. The maximum absolute atomic E-state index is 12.4. The Morgan fingerprint density at radius 3 is 2.80 bits per heavy atom. The van der Waals surface area contributed by atoms with Crippen LogP contribution < -0.4 is 5.32 Å². The molecule has 0 saturated carbocycles. The molecule has 5 heteroatoms. The SMILES string of the molecule is C[C@H](OCCCNC(=O)N1CC[C@H]2CC[C@@H](C1)N2C)c1ccccc1.